The molecule has 0 aliphatic rings. The predicted molar refractivity (Wildman–Crippen MR) is 126 cm³/mol. The average Bonchev–Trinajstić information content (AvgIpc) is 3.33. The Kier molecular flexibility index (Phi) is 5.84. The summed E-state index contributed by atoms with van der Waals surface area (Å²) in [5, 5.41) is 7.78. The van der Waals surface area contributed by atoms with E-state index in [9.17, 15) is 4.39 Å². The lowest BCUT2D eigenvalue weighted by atomic mass is 10.0. The summed E-state index contributed by atoms with van der Waals surface area (Å²) in [5.41, 5.74) is 5.41. The summed E-state index contributed by atoms with van der Waals surface area (Å²) in [6.07, 6.45) is 9.06. The molecule has 0 radical (unpaired) electrons. The molecule has 5 aromatic rings. The van der Waals surface area contributed by atoms with Crippen molar-refractivity contribution >= 4 is 5.95 Å². The highest BCUT2D eigenvalue weighted by Gasteiger charge is 2.14. The first-order chi connectivity index (χ1) is 16.2. The minimum atomic E-state index is -0.286. The first-order valence-electron chi connectivity index (χ1n) is 10.6. The second kappa shape index (κ2) is 9.40. The zero-order valence-electron chi connectivity index (χ0n) is 17.8. The molecule has 1 N–H and O–H groups in total. The maximum atomic E-state index is 13.5. The number of hydrogen-bond donors (Lipinski definition) is 1. The minimum Gasteiger partial charge on any atom is -0.350 e. The van der Waals surface area contributed by atoms with Crippen LogP contribution in [0.15, 0.2) is 97.7 Å². The fourth-order valence-electron chi connectivity index (χ4n) is 3.55. The topological polar surface area (TPSA) is 68.5 Å². The van der Waals surface area contributed by atoms with Crippen molar-refractivity contribution in [3.63, 3.8) is 0 Å². The van der Waals surface area contributed by atoms with Gasteiger partial charge in [-0.1, -0.05) is 48.5 Å². The maximum Gasteiger partial charge on any atom is 0.223 e. The number of nitrogens with one attached hydrogen (secondary N) is 1. The van der Waals surface area contributed by atoms with Gasteiger partial charge in [0.2, 0.25) is 5.95 Å². The lowest BCUT2D eigenvalue weighted by Gasteiger charge is -2.11. The summed E-state index contributed by atoms with van der Waals surface area (Å²) in [5.74, 6) is 0.210. The highest BCUT2D eigenvalue weighted by molar-refractivity contribution is 5.80. The fraction of sp³-hybridized carbons (Fsp3) is 0.0769. The third kappa shape index (κ3) is 4.93. The van der Waals surface area contributed by atoms with Gasteiger partial charge in [0.25, 0.3) is 0 Å². The molecule has 2 aromatic carbocycles. The summed E-state index contributed by atoms with van der Waals surface area (Å²) in [7, 11) is 0. The summed E-state index contributed by atoms with van der Waals surface area (Å²) in [6, 6.07) is 20.4. The molecule has 0 aliphatic heterocycles. The maximum absolute atomic E-state index is 13.5. The Labute approximate surface area is 190 Å². The van der Waals surface area contributed by atoms with Gasteiger partial charge in [0, 0.05) is 42.5 Å². The smallest absolute Gasteiger partial charge is 0.223 e. The Bertz CT molecular complexity index is 1330. The van der Waals surface area contributed by atoms with Gasteiger partial charge in [-0.2, -0.15) is 5.10 Å². The molecule has 6 nitrogen and oxygen atoms in total. The van der Waals surface area contributed by atoms with Crippen LogP contribution < -0.4 is 5.32 Å². The molecule has 5 rings (SSSR count). The first kappa shape index (κ1) is 20.5. The molecule has 162 valence electrons. The van der Waals surface area contributed by atoms with Crippen molar-refractivity contribution in [3.8, 4) is 22.4 Å². The van der Waals surface area contributed by atoms with Crippen LogP contribution in [0.25, 0.3) is 22.4 Å². The second-order valence-corrected chi connectivity index (χ2v) is 7.59. The third-order valence-corrected chi connectivity index (χ3v) is 5.21. The Hall–Kier alpha value is -4.39. The molecule has 3 aromatic heterocycles. The van der Waals surface area contributed by atoms with E-state index < -0.39 is 0 Å². The number of benzene rings is 2. The van der Waals surface area contributed by atoms with Crippen LogP contribution in [0.2, 0.25) is 0 Å². The van der Waals surface area contributed by atoms with Crippen molar-refractivity contribution in [2.24, 2.45) is 0 Å². The summed E-state index contributed by atoms with van der Waals surface area (Å²) in [6.45, 7) is 1.21. The predicted octanol–water partition coefficient (Wildman–Crippen LogP) is 5.20. The molecule has 0 amide bonds. The van der Waals surface area contributed by atoms with Gasteiger partial charge in [0.15, 0.2) is 0 Å². The van der Waals surface area contributed by atoms with Crippen LogP contribution in [-0.2, 0) is 13.1 Å². The number of halogens is 1. The van der Waals surface area contributed by atoms with Crippen LogP contribution in [0, 0.1) is 5.82 Å². The van der Waals surface area contributed by atoms with Gasteiger partial charge in [-0.05, 0) is 34.9 Å². The lowest BCUT2D eigenvalue weighted by molar-refractivity contribution is 0.628. The van der Waals surface area contributed by atoms with E-state index in [1.807, 2.05) is 41.2 Å². The van der Waals surface area contributed by atoms with Gasteiger partial charge < -0.3 is 5.32 Å². The van der Waals surface area contributed by atoms with Gasteiger partial charge in [-0.3, -0.25) is 9.67 Å². The van der Waals surface area contributed by atoms with Crippen LogP contribution in [0.5, 0.6) is 0 Å². The van der Waals surface area contributed by atoms with Crippen LogP contribution in [-0.4, -0.2) is 24.7 Å². The minimum absolute atomic E-state index is 0.286. The lowest BCUT2D eigenvalue weighted by Crippen LogP contribution is -2.05. The quantitative estimate of drug-likeness (QED) is 0.380. The number of pyridine rings is 1. The third-order valence-electron chi connectivity index (χ3n) is 5.21. The van der Waals surface area contributed by atoms with Crippen LogP contribution >= 0.6 is 0 Å². The molecule has 0 atom stereocenters. The normalized spacial score (nSPS) is 10.8. The molecule has 0 saturated carbocycles. The van der Waals surface area contributed by atoms with E-state index in [1.54, 1.807) is 36.9 Å². The monoisotopic (exact) mass is 436 g/mol. The standard InChI is InChI=1S/C26H21FN6/c27-23-10-8-21(9-11-23)24-16-30-26(29-14-20-7-4-12-28-13-20)32-25(24)22-15-31-33(18-22)17-19-5-2-1-3-6-19/h1-13,15-16,18H,14,17H2,(H,29,30,32). The molecule has 0 saturated heterocycles. The van der Waals surface area contributed by atoms with Crippen molar-refractivity contribution in [2.75, 3.05) is 5.32 Å². The van der Waals surface area contributed by atoms with E-state index in [2.05, 4.69) is 32.5 Å². The highest BCUT2D eigenvalue weighted by atomic mass is 19.1. The Balaban J connectivity index is 1.48. The Morgan fingerprint density at radius 3 is 2.42 bits per heavy atom. The van der Waals surface area contributed by atoms with Crippen LogP contribution in [0.3, 0.4) is 0 Å². The largest absolute Gasteiger partial charge is 0.350 e. The molecule has 0 bridgehead atoms. The average molecular weight is 436 g/mol. The molecular formula is C26H21FN6. The SMILES string of the molecule is Fc1ccc(-c2cnc(NCc3cccnc3)nc2-c2cnn(Cc3ccccc3)c2)cc1. The molecule has 0 spiro atoms. The molecule has 0 unspecified atom stereocenters. The van der Waals surface area contributed by atoms with E-state index >= 15 is 0 Å². The second-order valence-electron chi connectivity index (χ2n) is 7.59. The van der Waals surface area contributed by atoms with Gasteiger partial charge >= 0.3 is 0 Å². The summed E-state index contributed by atoms with van der Waals surface area (Å²) < 4.78 is 15.4. The van der Waals surface area contributed by atoms with E-state index in [0.29, 0.717) is 19.0 Å². The van der Waals surface area contributed by atoms with E-state index in [4.69, 9.17) is 4.98 Å². The molecule has 3 heterocycles. The van der Waals surface area contributed by atoms with E-state index in [0.717, 1.165) is 33.5 Å². The van der Waals surface area contributed by atoms with Gasteiger partial charge in [0.1, 0.15) is 5.82 Å². The first-order valence-corrected chi connectivity index (χ1v) is 10.6. The number of anilines is 1. The number of rotatable bonds is 7. The van der Waals surface area contributed by atoms with E-state index in [1.165, 1.54) is 12.1 Å². The molecule has 0 aliphatic carbocycles. The molecular weight excluding hydrogens is 415 g/mol. The number of hydrogen-bond acceptors (Lipinski definition) is 5. The molecule has 33 heavy (non-hydrogen) atoms. The zero-order chi connectivity index (χ0) is 22.5. The number of aromatic nitrogens is 5. The van der Waals surface area contributed by atoms with Crippen molar-refractivity contribution in [2.45, 2.75) is 13.1 Å². The summed E-state index contributed by atoms with van der Waals surface area (Å²) in [4.78, 5) is 13.4. The van der Waals surface area contributed by atoms with Crippen molar-refractivity contribution in [1.29, 1.82) is 0 Å². The van der Waals surface area contributed by atoms with Gasteiger partial charge in [0.05, 0.1) is 18.4 Å². The van der Waals surface area contributed by atoms with E-state index in [-0.39, 0.29) is 5.82 Å². The number of nitrogens with zero attached hydrogens (tertiary/aromatic N) is 5. The Morgan fingerprint density at radius 2 is 1.64 bits per heavy atom. The van der Waals surface area contributed by atoms with Crippen LogP contribution in [0.4, 0.5) is 10.3 Å². The van der Waals surface area contributed by atoms with Gasteiger partial charge in [-0.25, -0.2) is 14.4 Å². The van der Waals surface area contributed by atoms with Crippen LogP contribution in [0.1, 0.15) is 11.1 Å². The van der Waals surface area contributed by atoms with Crippen molar-refractivity contribution < 1.29 is 4.39 Å². The molecule has 7 heteroatoms. The summed E-state index contributed by atoms with van der Waals surface area (Å²) >= 11 is 0. The fourth-order valence-corrected chi connectivity index (χ4v) is 3.55. The van der Waals surface area contributed by atoms with Crippen molar-refractivity contribution in [1.82, 2.24) is 24.7 Å². The zero-order valence-corrected chi connectivity index (χ0v) is 17.8. The highest BCUT2D eigenvalue weighted by Crippen LogP contribution is 2.31. The van der Waals surface area contributed by atoms with Gasteiger partial charge in [-0.15, -0.1) is 0 Å². The Morgan fingerprint density at radius 1 is 0.818 bits per heavy atom. The molecule has 0 fully saturated rings. The van der Waals surface area contributed by atoms with Crippen molar-refractivity contribution in [3.05, 3.63) is 115 Å².